The van der Waals surface area contributed by atoms with Crippen LogP contribution >= 0.6 is 15.9 Å². The zero-order valence-electron chi connectivity index (χ0n) is 11.3. The molecular weight excluding hydrogens is 334 g/mol. The number of benzene rings is 2. The molecule has 3 amide bonds. The minimum atomic E-state index is -0.292. The maximum absolute atomic E-state index is 12.1. The van der Waals surface area contributed by atoms with Gasteiger partial charge in [0.25, 0.3) is 5.91 Å². The summed E-state index contributed by atoms with van der Waals surface area (Å²) in [6.45, 7) is 0. The molecule has 2 aromatic carbocycles. The van der Waals surface area contributed by atoms with Crippen LogP contribution < -0.4 is 16.0 Å². The van der Waals surface area contributed by atoms with E-state index in [-0.39, 0.29) is 11.9 Å². The topological polar surface area (TPSA) is 70.2 Å². The molecule has 0 saturated carbocycles. The lowest BCUT2D eigenvalue weighted by Gasteiger charge is -2.08. The van der Waals surface area contributed by atoms with Crippen LogP contribution in [0.1, 0.15) is 10.4 Å². The number of carbonyl (C=O) groups excluding carboxylic acids is 2. The number of halogens is 1. The standard InChI is InChI=1S/C15H14BrN3O2/c1-17-15(21)19-11-8-6-10(7-9-11)18-14(20)12-4-2-3-5-13(12)16/h2-9H,1H3,(H,18,20)(H2,17,19,21). The zero-order valence-corrected chi connectivity index (χ0v) is 12.9. The van der Waals surface area contributed by atoms with Crippen molar-refractivity contribution >= 4 is 39.2 Å². The average Bonchev–Trinajstić information content (AvgIpc) is 2.49. The van der Waals surface area contributed by atoms with E-state index >= 15 is 0 Å². The number of nitrogens with one attached hydrogen (secondary N) is 3. The van der Waals surface area contributed by atoms with E-state index in [2.05, 4.69) is 31.9 Å². The third-order valence-corrected chi connectivity index (χ3v) is 3.44. The number of hydrogen-bond acceptors (Lipinski definition) is 2. The van der Waals surface area contributed by atoms with Gasteiger partial charge < -0.3 is 16.0 Å². The van der Waals surface area contributed by atoms with Crippen LogP contribution in [0.3, 0.4) is 0 Å². The average molecular weight is 348 g/mol. The summed E-state index contributed by atoms with van der Waals surface area (Å²) in [6.07, 6.45) is 0. The first-order valence-corrected chi connectivity index (χ1v) is 7.04. The van der Waals surface area contributed by atoms with Crippen molar-refractivity contribution in [2.75, 3.05) is 17.7 Å². The number of rotatable bonds is 3. The summed E-state index contributed by atoms with van der Waals surface area (Å²) in [5.74, 6) is -0.200. The normalized spacial score (nSPS) is 9.81. The van der Waals surface area contributed by atoms with E-state index < -0.39 is 0 Å². The Morgan fingerprint density at radius 1 is 0.905 bits per heavy atom. The summed E-state index contributed by atoms with van der Waals surface area (Å²) < 4.78 is 0.736. The zero-order chi connectivity index (χ0) is 15.2. The smallest absolute Gasteiger partial charge is 0.318 e. The third kappa shape index (κ3) is 4.06. The second-order valence-electron chi connectivity index (χ2n) is 4.22. The van der Waals surface area contributed by atoms with E-state index in [4.69, 9.17) is 0 Å². The van der Waals surface area contributed by atoms with E-state index in [1.54, 1.807) is 43.4 Å². The molecule has 5 nitrogen and oxygen atoms in total. The molecule has 0 radical (unpaired) electrons. The second kappa shape index (κ2) is 6.90. The summed E-state index contributed by atoms with van der Waals surface area (Å²) in [7, 11) is 1.54. The summed E-state index contributed by atoms with van der Waals surface area (Å²) in [6, 6.07) is 13.8. The molecule has 108 valence electrons. The van der Waals surface area contributed by atoms with Crippen molar-refractivity contribution in [1.29, 1.82) is 0 Å². The van der Waals surface area contributed by atoms with Crippen LogP contribution in [0.4, 0.5) is 16.2 Å². The number of urea groups is 1. The van der Waals surface area contributed by atoms with Crippen LogP contribution in [-0.2, 0) is 0 Å². The fourth-order valence-corrected chi connectivity index (χ4v) is 2.14. The lowest BCUT2D eigenvalue weighted by atomic mass is 10.2. The highest BCUT2D eigenvalue weighted by Crippen LogP contribution is 2.19. The van der Waals surface area contributed by atoms with Gasteiger partial charge in [-0.25, -0.2) is 4.79 Å². The van der Waals surface area contributed by atoms with Crippen molar-refractivity contribution in [2.24, 2.45) is 0 Å². The summed E-state index contributed by atoms with van der Waals surface area (Å²) >= 11 is 3.34. The molecule has 0 aliphatic rings. The minimum Gasteiger partial charge on any atom is -0.341 e. The van der Waals surface area contributed by atoms with Crippen LogP contribution in [0.2, 0.25) is 0 Å². The lowest BCUT2D eigenvalue weighted by molar-refractivity contribution is 0.102. The molecule has 2 rings (SSSR count). The number of anilines is 2. The van der Waals surface area contributed by atoms with Crippen molar-refractivity contribution in [3.8, 4) is 0 Å². The molecule has 0 bridgehead atoms. The summed E-state index contributed by atoms with van der Waals surface area (Å²) in [5, 5.41) is 7.90. The molecule has 0 aliphatic carbocycles. The van der Waals surface area contributed by atoms with Crippen LogP contribution in [0.5, 0.6) is 0 Å². The van der Waals surface area contributed by atoms with Crippen molar-refractivity contribution in [3.05, 3.63) is 58.6 Å². The molecule has 0 saturated heterocycles. The molecule has 0 aliphatic heterocycles. The number of carbonyl (C=O) groups is 2. The maximum Gasteiger partial charge on any atom is 0.318 e. The lowest BCUT2D eigenvalue weighted by Crippen LogP contribution is -2.24. The fourth-order valence-electron chi connectivity index (χ4n) is 1.67. The van der Waals surface area contributed by atoms with Gasteiger partial charge in [0.1, 0.15) is 0 Å². The van der Waals surface area contributed by atoms with Crippen LogP contribution in [-0.4, -0.2) is 19.0 Å². The van der Waals surface area contributed by atoms with E-state index in [1.165, 1.54) is 0 Å². The van der Waals surface area contributed by atoms with Gasteiger partial charge in [-0.2, -0.15) is 0 Å². The predicted octanol–water partition coefficient (Wildman–Crippen LogP) is 3.45. The Morgan fingerprint density at radius 3 is 2.05 bits per heavy atom. The van der Waals surface area contributed by atoms with Gasteiger partial charge in [-0.3, -0.25) is 4.79 Å². The summed E-state index contributed by atoms with van der Waals surface area (Å²) in [4.78, 5) is 23.3. The Bertz CT molecular complexity index is 656. The maximum atomic E-state index is 12.1. The SMILES string of the molecule is CNC(=O)Nc1ccc(NC(=O)c2ccccc2Br)cc1. The van der Waals surface area contributed by atoms with Crippen molar-refractivity contribution in [3.63, 3.8) is 0 Å². The monoisotopic (exact) mass is 347 g/mol. The third-order valence-electron chi connectivity index (χ3n) is 2.75. The quantitative estimate of drug-likeness (QED) is 0.795. The Labute approximate surface area is 130 Å². The minimum absolute atomic E-state index is 0.200. The predicted molar refractivity (Wildman–Crippen MR) is 86.6 cm³/mol. The Hall–Kier alpha value is -2.34. The highest BCUT2D eigenvalue weighted by Gasteiger charge is 2.09. The molecular formula is C15H14BrN3O2. The van der Waals surface area contributed by atoms with Gasteiger partial charge in [0.2, 0.25) is 0 Å². The van der Waals surface area contributed by atoms with Gasteiger partial charge in [-0.05, 0) is 52.3 Å². The number of amides is 3. The van der Waals surface area contributed by atoms with E-state index in [0.29, 0.717) is 16.9 Å². The molecule has 0 unspecified atom stereocenters. The molecule has 0 fully saturated rings. The largest absolute Gasteiger partial charge is 0.341 e. The Kier molecular flexibility index (Phi) is 4.94. The van der Waals surface area contributed by atoms with Crippen LogP contribution in [0.25, 0.3) is 0 Å². The fraction of sp³-hybridized carbons (Fsp3) is 0.0667. The van der Waals surface area contributed by atoms with E-state index in [0.717, 1.165) is 4.47 Å². The molecule has 21 heavy (non-hydrogen) atoms. The first-order chi connectivity index (χ1) is 10.1. The molecule has 6 heteroatoms. The molecule has 0 aromatic heterocycles. The van der Waals surface area contributed by atoms with Crippen molar-refractivity contribution in [1.82, 2.24) is 5.32 Å². The van der Waals surface area contributed by atoms with Crippen LogP contribution in [0.15, 0.2) is 53.0 Å². The van der Waals surface area contributed by atoms with Crippen LogP contribution in [0, 0.1) is 0 Å². The summed E-state index contributed by atoms with van der Waals surface area (Å²) in [5.41, 5.74) is 1.86. The first kappa shape index (κ1) is 15.1. The van der Waals surface area contributed by atoms with Gasteiger partial charge in [0.05, 0.1) is 5.56 Å². The molecule has 3 N–H and O–H groups in total. The first-order valence-electron chi connectivity index (χ1n) is 6.25. The molecule has 0 heterocycles. The molecule has 0 atom stereocenters. The van der Waals surface area contributed by atoms with Crippen molar-refractivity contribution < 1.29 is 9.59 Å². The highest BCUT2D eigenvalue weighted by molar-refractivity contribution is 9.10. The van der Waals surface area contributed by atoms with Gasteiger partial charge in [-0.15, -0.1) is 0 Å². The molecule has 2 aromatic rings. The molecule has 0 spiro atoms. The van der Waals surface area contributed by atoms with Gasteiger partial charge in [0, 0.05) is 22.9 Å². The highest BCUT2D eigenvalue weighted by atomic mass is 79.9. The van der Waals surface area contributed by atoms with Gasteiger partial charge in [0.15, 0.2) is 0 Å². The second-order valence-corrected chi connectivity index (χ2v) is 5.07. The van der Waals surface area contributed by atoms with E-state index in [1.807, 2.05) is 12.1 Å². The number of hydrogen-bond donors (Lipinski definition) is 3. The van der Waals surface area contributed by atoms with E-state index in [9.17, 15) is 9.59 Å². The van der Waals surface area contributed by atoms with Gasteiger partial charge in [-0.1, -0.05) is 12.1 Å². The Balaban J connectivity index is 2.05. The Morgan fingerprint density at radius 2 is 1.48 bits per heavy atom. The van der Waals surface area contributed by atoms with Crippen molar-refractivity contribution in [2.45, 2.75) is 0 Å². The van der Waals surface area contributed by atoms with Gasteiger partial charge >= 0.3 is 6.03 Å².